The summed E-state index contributed by atoms with van der Waals surface area (Å²) in [6.07, 6.45) is 1.20. The third-order valence-electron chi connectivity index (χ3n) is 2.80. The lowest BCUT2D eigenvalue weighted by Gasteiger charge is -2.12. The minimum atomic E-state index is -0.508. The second-order valence-corrected chi connectivity index (χ2v) is 4.39. The van der Waals surface area contributed by atoms with E-state index in [1.807, 2.05) is 0 Å². The van der Waals surface area contributed by atoms with Gasteiger partial charge in [0.25, 0.3) is 5.88 Å². The molecule has 1 heterocycles. The van der Waals surface area contributed by atoms with Gasteiger partial charge in [0, 0.05) is 6.07 Å². The number of anilines is 1. The summed E-state index contributed by atoms with van der Waals surface area (Å²) in [6.45, 7) is 3.49. The van der Waals surface area contributed by atoms with Crippen molar-refractivity contribution in [2.45, 2.75) is 13.8 Å². The number of aryl methyl sites for hydroxylation is 2. The van der Waals surface area contributed by atoms with Crippen molar-refractivity contribution in [2.24, 2.45) is 0 Å². The Morgan fingerprint density at radius 2 is 1.95 bits per heavy atom. The van der Waals surface area contributed by atoms with E-state index in [0.29, 0.717) is 5.56 Å². The quantitative estimate of drug-likeness (QED) is 0.679. The second kappa shape index (κ2) is 5.61. The highest BCUT2D eigenvalue weighted by atomic mass is 16.6. The van der Waals surface area contributed by atoms with Gasteiger partial charge in [-0.15, -0.1) is 0 Å². The molecular weight excluding hydrogens is 276 g/mol. The molecule has 0 saturated heterocycles. The number of benzene rings is 1. The number of nitrogens with zero attached hydrogens (tertiary/aromatic N) is 3. The van der Waals surface area contributed by atoms with Gasteiger partial charge in [-0.3, -0.25) is 10.1 Å². The fourth-order valence-electron chi connectivity index (χ4n) is 1.93. The van der Waals surface area contributed by atoms with Crippen molar-refractivity contribution >= 4 is 11.5 Å². The van der Waals surface area contributed by atoms with Crippen molar-refractivity contribution in [1.82, 2.24) is 9.97 Å². The van der Waals surface area contributed by atoms with Gasteiger partial charge >= 0.3 is 5.69 Å². The summed E-state index contributed by atoms with van der Waals surface area (Å²) < 4.78 is 10.6. The predicted octanol–water partition coefficient (Wildman–Crippen LogP) is 2.38. The van der Waals surface area contributed by atoms with E-state index in [1.165, 1.54) is 19.5 Å². The van der Waals surface area contributed by atoms with E-state index in [2.05, 4.69) is 9.97 Å². The molecule has 2 rings (SSSR count). The minimum Gasteiger partial charge on any atom is -0.489 e. The first-order valence-corrected chi connectivity index (χ1v) is 6.02. The van der Waals surface area contributed by atoms with Gasteiger partial charge in [-0.25, -0.2) is 4.98 Å². The lowest BCUT2D eigenvalue weighted by molar-refractivity contribution is -0.385. The molecular formula is C13H14N4O4. The van der Waals surface area contributed by atoms with Crippen LogP contribution >= 0.6 is 0 Å². The van der Waals surface area contributed by atoms with Gasteiger partial charge in [-0.1, -0.05) is 6.07 Å². The Labute approximate surface area is 120 Å². The highest BCUT2D eigenvalue weighted by Crippen LogP contribution is 2.39. The number of aromatic nitrogens is 2. The molecule has 8 nitrogen and oxygen atoms in total. The number of ether oxygens (including phenoxy) is 2. The molecule has 0 spiro atoms. The highest BCUT2D eigenvalue weighted by Gasteiger charge is 2.22. The van der Waals surface area contributed by atoms with Crippen molar-refractivity contribution < 1.29 is 14.4 Å². The van der Waals surface area contributed by atoms with Gasteiger partial charge in [0.05, 0.1) is 12.0 Å². The summed E-state index contributed by atoms with van der Waals surface area (Å²) in [7, 11) is 1.39. The average molecular weight is 290 g/mol. The molecule has 0 unspecified atom stereocenters. The van der Waals surface area contributed by atoms with Crippen LogP contribution in [0.25, 0.3) is 0 Å². The number of hydrogen-bond acceptors (Lipinski definition) is 7. The second-order valence-electron chi connectivity index (χ2n) is 4.39. The monoisotopic (exact) mass is 290 g/mol. The summed E-state index contributed by atoms with van der Waals surface area (Å²) in [5, 5.41) is 11.2. The zero-order valence-electron chi connectivity index (χ0n) is 11.8. The molecule has 0 radical (unpaired) electrons. The summed E-state index contributed by atoms with van der Waals surface area (Å²) in [5.74, 6) is 0.351. The van der Waals surface area contributed by atoms with Crippen LogP contribution in [0.1, 0.15) is 11.1 Å². The molecule has 0 atom stereocenters. The number of hydrogen-bond donors (Lipinski definition) is 1. The minimum absolute atomic E-state index is 0.0278. The SMILES string of the molecule is COc1c(N)ncnc1Oc1c(C)cc(C)cc1[N+](=O)[O-]. The molecule has 2 aromatic rings. The van der Waals surface area contributed by atoms with Crippen LogP contribution in [0.15, 0.2) is 18.5 Å². The summed E-state index contributed by atoms with van der Waals surface area (Å²) in [6, 6.07) is 3.21. The van der Waals surface area contributed by atoms with Crippen molar-refractivity contribution in [3.63, 3.8) is 0 Å². The number of nitro groups is 1. The molecule has 8 heteroatoms. The average Bonchev–Trinajstić information content (AvgIpc) is 2.41. The lowest BCUT2D eigenvalue weighted by Crippen LogP contribution is -2.02. The van der Waals surface area contributed by atoms with Gasteiger partial charge < -0.3 is 15.2 Å². The van der Waals surface area contributed by atoms with Crippen LogP contribution in [-0.4, -0.2) is 22.0 Å². The van der Waals surface area contributed by atoms with Crippen molar-refractivity contribution in [3.8, 4) is 17.4 Å². The molecule has 0 aliphatic carbocycles. The first-order chi connectivity index (χ1) is 9.93. The van der Waals surface area contributed by atoms with Gasteiger partial charge in [-0.2, -0.15) is 4.98 Å². The topological polar surface area (TPSA) is 113 Å². The van der Waals surface area contributed by atoms with Gasteiger partial charge in [0.2, 0.25) is 11.5 Å². The van der Waals surface area contributed by atoms with Crippen LogP contribution in [0, 0.1) is 24.0 Å². The largest absolute Gasteiger partial charge is 0.489 e. The first-order valence-electron chi connectivity index (χ1n) is 6.02. The van der Waals surface area contributed by atoms with Crippen LogP contribution in [0.3, 0.4) is 0 Å². The van der Waals surface area contributed by atoms with Crippen molar-refractivity contribution in [2.75, 3.05) is 12.8 Å². The number of nitro benzene ring substituents is 1. The van der Waals surface area contributed by atoms with Crippen molar-refractivity contribution in [3.05, 3.63) is 39.7 Å². The normalized spacial score (nSPS) is 10.2. The number of nitrogens with two attached hydrogens (primary N) is 1. The third-order valence-corrected chi connectivity index (χ3v) is 2.80. The zero-order chi connectivity index (χ0) is 15.6. The first kappa shape index (κ1) is 14.5. The van der Waals surface area contributed by atoms with E-state index in [4.69, 9.17) is 15.2 Å². The maximum atomic E-state index is 11.2. The number of rotatable bonds is 4. The Balaban J connectivity index is 2.54. The molecule has 1 aromatic carbocycles. The van der Waals surface area contributed by atoms with E-state index < -0.39 is 4.92 Å². The maximum absolute atomic E-state index is 11.2. The van der Waals surface area contributed by atoms with E-state index in [0.717, 1.165) is 5.56 Å². The standard InChI is InChI=1S/C13H14N4O4/c1-7-4-8(2)10(9(5-7)17(18)19)21-13-11(20-3)12(14)15-6-16-13/h4-6H,1-3H3,(H2,14,15,16). The van der Waals surface area contributed by atoms with E-state index in [-0.39, 0.29) is 28.9 Å². The fraction of sp³-hybridized carbons (Fsp3) is 0.231. The van der Waals surface area contributed by atoms with Gasteiger partial charge in [0.1, 0.15) is 6.33 Å². The Hall–Kier alpha value is -2.90. The molecule has 0 aliphatic heterocycles. The van der Waals surface area contributed by atoms with Crippen LogP contribution in [0.5, 0.6) is 17.4 Å². The summed E-state index contributed by atoms with van der Waals surface area (Å²) in [4.78, 5) is 18.3. The van der Waals surface area contributed by atoms with E-state index in [1.54, 1.807) is 19.9 Å². The Morgan fingerprint density at radius 3 is 2.57 bits per heavy atom. The Bertz CT molecular complexity index is 703. The van der Waals surface area contributed by atoms with Crippen LogP contribution in [0.4, 0.5) is 11.5 Å². The van der Waals surface area contributed by atoms with Crippen molar-refractivity contribution in [1.29, 1.82) is 0 Å². The molecule has 0 fully saturated rings. The smallest absolute Gasteiger partial charge is 0.312 e. The predicted molar refractivity (Wildman–Crippen MR) is 75.6 cm³/mol. The molecule has 2 N–H and O–H groups in total. The van der Waals surface area contributed by atoms with E-state index >= 15 is 0 Å². The molecule has 0 saturated carbocycles. The summed E-state index contributed by atoms with van der Waals surface area (Å²) in [5.41, 5.74) is 6.89. The van der Waals surface area contributed by atoms with Crippen LogP contribution < -0.4 is 15.2 Å². The van der Waals surface area contributed by atoms with Gasteiger partial charge in [0.15, 0.2) is 5.82 Å². The molecule has 1 aromatic heterocycles. The maximum Gasteiger partial charge on any atom is 0.312 e. The number of nitrogen functional groups attached to an aromatic ring is 1. The lowest BCUT2D eigenvalue weighted by atomic mass is 10.1. The van der Waals surface area contributed by atoms with E-state index in [9.17, 15) is 10.1 Å². The summed E-state index contributed by atoms with van der Waals surface area (Å²) >= 11 is 0. The van der Waals surface area contributed by atoms with Crippen LogP contribution in [-0.2, 0) is 0 Å². The van der Waals surface area contributed by atoms with Gasteiger partial charge in [-0.05, 0) is 25.0 Å². The molecule has 0 amide bonds. The fourth-order valence-corrected chi connectivity index (χ4v) is 1.93. The Morgan fingerprint density at radius 1 is 1.24 bits per heavy atom. The Kier molecular flexibility index (Phi) is 3.88. The zero-order valence-corrected chi connectivity index (χ0v) is 11.8. The molecule has 0 aliphatic rings. The third kappa shape index (κ3) is 2.83. The highest BCUT2D eigenvalue weighted by molar-refractivity contribution is 5.58. The molecule has 110 valence electrons. The molecule has 21 heavy (non-hydrogen) atoms. The van der Waals surface area contributed by atoms with Crippen LogP contribution in [0.2, 0.25) is 0 Å². The number of methoxy groups -OCH3 is 1. The molecule has 0 bridgehead atoms.